The monoisotopic (exact) mass is 627 g/mol. The summed E-state index contributed by atoms with van der Waals surface area (Å²) in [6.07, 6.45) is 1.61. The molecule has 198 valence electrons. The summed E-state index contributed by atoms with van der Waals surface area (Å²) in [6, 6.07) is 14.0. The van der Waals surface area contributed by atoms with Gasteiger partial charge in [-0.1, -0.05) is 35.1 Å². The van der Waals surface area contributed by atoms with Crippen LogP contribution in [0.2, 0.25) is 5.02 Å². The number of fused-ring (bicyclic) bond motifs is 1. The lowest BCUT2D eigenvalue weighted by atomic mass is 9.96. The fraction of sp³-hybridized carbons (Fsp3) is 0.148. The summed E-state index contributed by atoms with van der Waals surface area (Å²) in [7, 11) is 0. The number of aromatic nitrogens is 1. The quantitative estimate of drug-likeness (QED) is 0.161. The highest BCUT2D eigenvalue weighted by Gasteiger charge is 2.33. The molecule has 0 N–H and O–H groups in total. The highest BCUT2D eigenvalue weighted by atomic mass is 79.9. The lowest BCUT2D eigenvalue weighted by molar-refractivity contribution is -0.384. The van der Waals surface area contributed by atoms with Gasteiger partial charge in [0.1, 0.15) is 11.5 Å². The Morgan fingerprint density at radius 3 is 2.67 bits per heavy atom. The first-order chi connectivity index (χ1) is 18.7. The number of esters is 1. The highest BCUT2D eigenvalue weighted by molar-refractivity contribution is 9.10. The summed E-state index contributed by atoms with van der Waals surface area (Å²) >= 11 is 10.6. The third-order valence-corrected chi connectivity index (χ3v) is 7.92. The van der Waals surface area contributed by atoms with E-state index in [1.54, 1.807) is 62.4 Å². The van der Waals surface area contributed by atoms with Crippen LogP contribution in [0.25, 0.3) is 17.4 Å². The fourth-order valence-corrected chi connectivity index (χ4v) is 5.99. The molecule has 0 amide bonds. The van der Waals surface area contributed by atoms with Crippen molar-refractivity contribution in [2.24, 2.45) is 4.99 Å². The normalized spacial score (nSPS) is 15.2. The SMILES string of the molecule is CCOC(=O)C1=C(C)N=c2s/c(=C\c3ccc(-c4ccc([N+](=O)[O-])cc4Br)o3)c(=O)n2C1c1ccc(Cl)cc1. The molecule has 0 radical (unpaired) electrons. The van der Waals surface area contributed by atoms with E-state index in [9.17, 15) is 19.7 Å². The minimum Gasteiger partial charge on any atom is -0.463 e. The van der Waals surface area contributed by atoms with E-state index in [0.29, 0.717) is 47.2 Å². The summed E-state index contributed by atoms with van der Waals surface area (Å²) in [4.78, 5) is 42.2. The van der Waals surface area contributed by atoms with Crippen LogP contribution in [0.1, 0.15) is 31.2 Å². The van der Waals surface area contributed by atoms with Crippen molar-refractivity contribution in [3.05, 3.63) is 116 Å². The molecule has 1 aliphatic rings. The van der Waals surface area contributed by atoms with Gasteiger partial charge in [-0.3, -0.25) is 19.5 Å². The van der Waals surface area contributed by atoms with E-state index < -0.39 is 16.9 Å². The second kappa shape index (κ2) is 10.8. The number of carbonyl (C=O) groups excluding carboxylic acids is 1. The van der Waals surface area contributed by atoms with Crippen LogP contribution in [-0.4, -0.2) is 22.1 Å². The van der Waals surface area contributed by atoms with E-state index in [0.717, 1.165) is 0 Å². The number of nitro benzene ring substituents is 1. The van der Waals surface area contributed by atoms with E-state index in [1.165, 1.54) is 28.0 Å². The topological polar surface area (TPSA) is 117 Å². The Morgan fingerprint density at radius 1 is 1.26 bits per heavy atom. The van der Waals surface area contributed by atoms with Crippen molar-refractivity contribution in [3.63, 3.8) is 0 Å². The number of nitro groups is 1. The number of furan rings is 1. The maximum absolute atomic E-state index is 13.7. The largest absolute Gasteiger partial charge is 0.463 e. The molecule has 0 spiro atoms. The smallest absolute Gasteiger partial charge is 0.338 e. The standard InChI is InChI=1S/C27H19BrClN3O6S/c1-3-37-26(34)23-14(2)30-27-31(24(23)15-4-6-16(29)7-5-15)25(33)22(39-27)13-18-9-11-21(38-18)19-10-8-17(32(35)36)12-20(19)28/h4-13,24H,3H2,1-2H3/b22-13-. The average Bonchev–Trinajstić information content (AvgIpc) is 3.48. The van der Waals surface area contributed by atoms with Crippen molar-refractivity contribution >= 4 is 56.6 Å². The molecule has 9 nitrogen and oxygen atoms in total. The molecule has 5 rings (SSSR count). The number of non-ortho nitro benzene ring substituents is 1. The number of thiazole rings is 1. The predicted octanol–water partition coefficient (Wildman–Crippen LogP) is 5.38. The molecule has 1 atom stereocenters. The molecule has 4 aromatic rings. The first-order valence-corrected chi connectivity index (χ1v) is 13.7. The number of benzene rings is 2. The molecule has 0 aliphatic carbocycles. The maximum atomic E-state index is 13.7. The molecule has 2 aromatic heterocycles. The summed E-state index contributed by atoms with van der Waals surface area (Å²) in [5, 5.41) is 11.6. The third kappa shape index (κ3) is 5.12. The molecule has 0 bridgehead atoms. The summed E-state index contributed by atoms with van der Waals surface area (Å²) in [5.74, 6) is 0.331. The number of hydrogen-bond donors (Lipinski definition) is 0. The van der Waals surface area contributed by atoms with E-state index in [-0.39, 0.29) is 23.4 Å². The Morgan fingerprint density at radius 2 is 2.00 bits per heavy atom. The van der Waals surface area contributed by atoms with E-state index in [1.807, 2.05) is 0 Å². The Hall–Kier alpha value is -3.80. The number of carbonyl (C=O) groups is 1. The lowest BCUT2D eigenvalue weighted by Gasteiger charge is -2.24. The molecule has 0 saturated heterocycles. The van der Waals surface area contributed by atoms with Crippen LogP contribution in [0.5, 0.6) is 0 Å². The minimum absolute atomic E-state index is 0.0498. The van der Waals surface area contributed by atoms with Crippen LogP contribution < -0.4 is 14.9 Å². The zero-order chi connectivity index (χ0) is 27.8. The Bertz CT molecular complexity index is 1840. The maximum Gasteiger partial charge on any atom is 0.338 e. The van der Waals surface area contributed by atoms with Gasteiger partial charge in [-0.2, -0.15) is 0 Å². The van der Waals surface area contributed by atoms with Crippen LogP contribution in [0, 0.1) is 10.1 Å². The van der Waals surface area contributed by atoms with Crippen LogP contribution in [0.4, 0.5) is 5.69 Å². The van der Waals surface area contributed by atoms with Crippen molar-refractivity contribution in [2.75, 3.05) is 6.61 Å². The second-order valence-electron chi connectivity index (χ2n) is 8.48. The Balaban J connectivity index is 1.60. The van der Waals surface area contributed by atoms with Crippen molar-refractivity contribution < 1.29 is 18.9 Å². The first-order valence-electron chi connectivity index (χ1n) is 11.7. The van der Waals surface area contributed by atoms with Crippen LogP contribution >= 0.6 is 38.9 Å². The van der Waals surface area contributed by atoms with Crippen molar-refractivity contribution in [2.45, 2.75) is 19.9 Å². The number of hydrogen-bond acceptors (Lipinski definition) is 8. The van der Waals surface area contributed by atoms with Crippen molar-refractivity contribution in [1.29, 1.82) is 0 Å². The van der Waals surface area contributed by atoms with Crippen molar-refractivity contribution in [1.82, 2.24) is 4.57 Å². The summed E-state index contributed by atoms with van der Waals surface area (Å²) < 4.78 is 13.6. The average molecular weight is 629 g/mol. The van der Waals surface area contributed by atoms with Crippen LogP contribution in [0.15, 0.2) is 84.5 Å². The molecular weight excluding hydrogens is 610 g/mol. The number of ether oxygens (including phenoxy) is 1. The molecule has 0 saturated carbocycles. The molecule has 12 heteroatoms. The molecule has 0 fully saturated rings. The molecule has 1 aliphatic heterocycles. The minimum atomic E-state index is -0.747. The number of nitrogens with zero attached hydrogens (tertiary/aromatic N) is 3. The van der Waals surface area contributed by atoms with Gasteiger partial charge >= 0.3 is 5.97 Å². The highest BCUT2D eigenvalue weighted by Crippen LogP contribution is 2.33. The van der Waals surface area contributed by atoms with Gasteiger partial charge in [0.25, 0.3) is 11.2 Å². The lowest BCUT2D eigenvalue weighted by Crippen LogP contribution is -2.39. The molecule has 39 heavy (non-hydrogen) atoms. The number of rotatable bonds is 6. The van der Waals surface area contributed by atoms with Gasteiger partial charge in [-0.05, 0) is 65.7 Å². The Kier molecular flexibility index (Phi) is 7.39. The third-order valence-electron chi connectivity index (χ3n) is 6.03. The van der Waals surface area contributed by atoms with Gasteiger partial charge in [-0.25, -0.2) is 9.79 Å². The van der Waals surface area contributed by atoms with Gasteiger partial charge in [0.2, 0.25) is 0 Å². The van der Waals surface area contributed by atoms with E-state index in [2.05, 4.69) is 20.9 Å². The van der Waals surface area contributed by atoms with Gasteiger partial charge in [0.05, 0.1) is 33.4 Å². The van der Waals surface area contributed by atoms with E-state index >= 15 is 0 Å². The first kappa shape index (κ1) is 26.8. The molecular formula is C27H19BrClN3O6S. The van der Waals surface area contributed by atoms with Gasteiger partial charge in [-0.15, -0.1) is 0 Å². The zero-order valence-corrected chi connectivity index (χ0v) is 23.7. The van der Waals surface area contributed by atoms with E-state index in [4.69, 9.17) is 20.8 Å². The predicted molar refractivity (Wildman–Crippen MR) is 150 cm³/mol. The van der Waals surface area contributed by atoms with Gasteiger partial charge in [0.15, 0.2) is 4.80 Å². The van der Waals surface area contributed by atoms with Gasteiger partial charge < -0.3 is 9.15 Å². The van der Waals surface area contributed by atoms with Gasteiger partial charge in [0, 0.05) is 33.3 Å². The summed E-state index contributed by atoms with van der Waals surface area (Å²) in [5.41, 5.74) is 1.66. The zero-order valence-electron chi connectivity index (χ0n) is 20.5. The van der Waals surface area contributed by atoms with Crippen molar-refractivity contribution in [3.8, 4) is 11.3 Å². The molecule has 1 unspecified atom stereocenters. The number of halogens is 2. The molecule has 3 heterocycles. The summed E-state index contributed by atoms with van der Waals surface area (Å²) in [6.45, 7) is 3.61. The molecule has 2 aromatic carbocycles. The Labute approximate surface area is 238 Å². The number of allylic oxidation sites excluding steroid dienone is 1. The van der Waals surface area contributed by atoms with Crippen LogP contribution in [-0.2, 0) is 9.53 Å². The second-order valence-corrected chi connectivity index (χ2v) is 10.8. The fourth-order valence-electron chi connectivity index (χ4n) is 4.27. The van der Waals surface area contributed by atoms with Crippen LogP contribution in [0.3, 0.4) is 0 Å².